The van der Waals surface area contributed by atoms with Crippen molar-refractivity contribution in [3.8, 4) is 0 Å². The molecule has 21 heavy (non-hydrogen) atoms. The van der Waals surface area contributed by atoms with Crippen molar-refractivity contribution in [2.24, 2.45) is 10.7 Å². The zero-order valence-corrected chi connectivity index (χ0v) is 15.1. The van der Waals surface area contributed by atoms with Gasteiger partial charge in [-0.25, -0.2) is 4.98 Å². The number of aliphatic hydroxyl groups is 1. The summed E-state index contributed by atoms with van der Waals surface area (Å²) in [5, 5.41) is 13.1. The lowest BCUT2D eigenvalue weighted by molar-refractivity contribution is -0.0237. The minimum Gasteiger partial charge on any atom is -0.388 e. The Kier molecular flexibility index (Phi) is 5.67. The smallest absolute Gasteiger partial charge is 0.191 e. The summed E-state index contributed by atoms with van der Waals surface area (Å²) in [7, 11) is 0. The third kappa shape index (κ3) is 3.98. The second-order valence-electron chi connectivity index (χ2n) is 5.54. The van der Waals surface area contributed by atoms with E-state index in [2.05, 4.69) is 19.8 Å². The van der Waals surface area contributed by atoms with Crippen molar-refractivity contribution in [2.45, 2.75) is 24.9 Å². The van der Waals surface area contributed by atoms with Gasteiger partial charge in [-0.2, -0.15) is 0 Å². The molecule has 1 aliphatic heterocycles. The summed E-state index contributed by atoms with van der Waals surface area (Å²) in [6, 6.07) is 0. The predicted octanol–water partition coefficient (Wildman–Crippen LogP) is 1.11. The molecule has 2 aliphatic rings. The third-order valence-electron chi connectivity index (χ3n) is 4.11. The van der Waals surface area contributed by atoms with Crippen LogP contribution in [0.3, 0.4) is 0 Å². The van der Waals surface area contributed by atoms with Gasteiger partial charge >= 0.3 is 0 Å². The highest BCUT2D eigenvalue weighted by molar-refractivity contribution is 14.0. The van der Waals surface area contributed by atoms with Crippen molar-refractivity contribution < 1.29 is 5.11 Å². The Balaban J connectivity index is 0.00000161. The van der Waals surface area contributed by atoms with Crippen LogP contribution in [0.4, 0.5) is 5.13 Å². The van der Waals surface area contributed by atoms with Gasteiger partial charge in [0.2, 0.25) is 0 Å². The molecule has 1 saturated heterocycles. The van der Waals surface area contributed by atoms with Gasteiger partial charge in [-0.15, -0.1) is 35.3 Å². The van der Waals surface area contributed by atoms with Gasteiger partial charge in [-0.3, -0.25) is 4.99 Å². The van der Waals surface area contributed by atoms with Gasteiger partial charge in [0.25, 0.3) is 0 Å². The Labute approximate surface area is 146 Å². The molecule has 6 nitrogen and oxygen atoms in total. The predicted molar refractivity (Wildman–Crippen MR) is 96.6 cm³/mol. The van der Waals surface area contributed by atoms with Crippen LogP contribution in [0.15, 0.2) is 16.6 Å². The maximum absolute atomic E-state index is 10.0. The number of nitrogens with two attached hydrogens (primary N) is 1. The summed E-state index contributed by atoms with van der Waals surface area (Å²) < 4.78 is 0. The van der Waals surface area contributed by atoms with Crippen LogP contribution >= 0.6 is 35.3 Å². The van der Waals surface area contributed by atoms with Crippen LogP contribution in [0, 0.1) is 0 Å². The topological polar surface area (TPSA) is 78.0 Å². The summed E-state index contributed by atoms with van der Waals surface area (Å²) in [4.78, 5) is 13.1. The quantitative estimate of drug-likeness (QED) is 0.433. The van der Waals surface area contributed by atoms with E-state index in [9.17, 15) is 5.11 Å². The van der Waals surface area contributed by atoms with E-state index in [-0.39, 0.29) is 24.0 Å². The fourth-order valence-electron chi connectivity index (χ4n) is 2.57. The van der Waals surface area contributed by atoms with Gasteiger partial charge in [0.1, 0.15) is 0 Å². The lowest BCUT2D eigenvalue weighted by Crippen LogP contribution is -2.51. The number of hydrogen-bond donors (Lipinski definition) is 2. The van der Waals surface area contributed by atoms with Gasteiger partial charge in [0, 0.05) is 37.8 Å². The lowest BCUT2D eigenvalue weighted by atomic mass is 9.80. The second-order valence-corrected chi connectivity index (χ2v) is 6.41. The number of thiazole rings is 1. The van der Waals surface area contributed by atoms with Crippen LogP contribution in [0.25, 0.3) is 0 Å². The van der Waals surface area contributed by atoms with Crippen molar-refractivity contribution in [3.63, 3.8) is 0 Å². The Morgan fingerprint density at radius 2 is 2.10 bits per heavy atom. The van der Waals surface area contributed by atoms with Crippen molar-refractivity contribution in [3.05, 3.63) is 11.6 Å². The van der Waals surface area contributed by atoms with Crippen LogP contribution in [0.5, 0.6) is 0 Å². The fraction of sp³-hybridized carbons (Fsp3) is 0.692. The molecule has 0 aromatic carbocycles. The van der Waals surface area contributed by atoms with E-state index < -0.39 is 5.60 Å². The molecular weight excluding hydrogens is 401 g/mol. The first-order valence-corrected chi connectivity index (χ1v) is 7.96. The first-order valence-electron chi connectivity index (χ1n) is 7.08. The minimum atomic E-state index is -0.590. The molecule has 0 atom stereocenters. The Morgan fingerprint density at radius 1 is 1.38 bits per heavy atom. The molecule has 0 radical (unpaired) electrons. The van der Waals surface area contributed by atoms with Crippen molar-refractivity contribution >= 4 is 46.4 Å². The number of anilines is 1. The van der Waals surface area contributed by atoms with E-state index in [4.69, 9.17) is 5.73 Å². The summed E-state index contributed by atoms with van der Waals surface area (Å²) in [5.74, 6) is 0.559. The molecular formula is C13H22IN5OS. The number of rotatable bonds is 3. The van der Waals surface area contributed by atoms with Gasteiger partial charge < -0.3 is 20.6 Å². The van der Waals surface area contributed by atoms with E-state index >= 15 is 0 Å². The van der Waals surface area contributed by atoms with Crippen LogP contribution < -0.4 is 10.6 Å². The van der Waals surface area contributed by atoms with Crippen molar-refractivity contribution in [2.75, 3.05) is 37.6 Å². The first kappa shape index (κ1) is 16.8. The number of aliphatic imine (C=N–C) groups is 1. The zero-order valence-electron chi connectivity index (χ0n) is 11.9. The third-order valence-corrected chi connectivity index (χ3v) is 4.95. The standard InChI is InChI=1S/C13H21N5OS.HI/c14-11(16-10-13(19)2-1-3-13)17-5-7-18(8-6-17)12-15-4-9-20-12;/h4,9,19H,1-3,5-8,10H2,(H2,14,16);1H. The van der Waals surface area contributed by atoms with Crippen LogP contribution in [0.2, 0.25) is 0 Å². The van der Waals surface area contributed by atoms with E-state index in [0.29, 0.717) is 12.5 Å². The normalized spacial score (nSPS) is 21.7. The second kappa shape index (κ2) is 7.10. The molecule has 0 bridgehead atoms. The molecule has 3 rings (SSSR count). The average Bonchev–Trinajstić information content (AvgIpc) is 2.97. The summed E-state index contributed by atoms with van der Waals surface area (Å²) >= 11 is 1.67. The summed E-state index contributed by atoms with van der Waals surface area (Å²) in [5.41, 5.74) is 5.44. The molecule has 0 amide bonds. The monoisotopic (exact) mass is 423 g/mol. The number of hydrogen-bond acceptors (Lipinski definition) is 5. The molecule has 1 aromatic rings. The minimum absolute atomic E-state index is 0. The zero-order chi connectivity index (χ0) is 14.0. The molecule has 0 spiro atoms. The van der Waals surface area contributed by atoms with Crippen LogP contribution in [0.1, 0.15) is 19.3 Å². The Bertz CT molecular complexity index is 469. The van der Waals surface area contributed by atoms with E-state index in [1.54, 1.807) is 11.3 Å². The molecule has 2 heterocycles. The molecule has 118 valence electrons. The highest BCUT2D eigenvalue weighted by atomic mass is 127. The summed E-state index contributed by atoms with van der Waals surface area (Å²) in [6.45, 7) is 3.97. The Morgan fingerprint density at radius 3 is 2.62 bits per heavy atom. The number of piperazine rings is 1. The summed E-state index contributed by atoms with van der Waals surface area (Å²) in [6.07, 6.45) is 4.63. The van der Waals surface area contributed by atoms with Crippen molar-refractivity contribution in [1.82, 2.24) is 9.88 Å². The van der Waals surface area contributed by atoms with Crippen molar-refractivity contribution in [1.29, 1.82) is 0 Å². The molecule has 1 saturated carbocycles. The maximum atomic E-state index is 10.0. The number of nitrogens with zero attached hydrogens (tertiary/aromatic N) is 4. The van der Waals surface area contributed by atoms with Gasteiger partial charge in [0.15, 0.2) is 11.1 Å². The molecule has 0 unspecified atom stereocenters. The van der Waals surface area contributed by atoms with Crippen LogP contribution in [-0.2, 0) is 0 Å². The van der Waals surface area contributed by atoms with Gasteiger partial charge in [-0.1, -0.05) is 0 Å². The van der Waals surface area contributed by atoms with E-state index in [1.807, 2.05) is 11.6 Å². The lowest BCUT2D eigenvalue weighted by Gasteiger charge is -2.37. The number of aromatic nitrogens is 1. The molecule has 8 heteroatoms. The first-order chi connectivity index (χ1) is 9.66. The molecule has 1 aliphatic carbocycles. The van der Waals surface area contributed by atoms with E-state index in [0.717, 1.165) is 50.6 Å². The van der Waals surface area contributed by atoms with Crippen LogP contribution in [-0.4, -0.2) is 59.3 Å². The molecule has 3 N–H and O–H groups in total. The molecule has 2 fully saturated rings. The largest absolute Gasteiger partial charge is 0.388 e. The van der Waals surface area contributed by atoms with E-state index in [1.165, 1.54) is 0 Å². The SMILES string of the molecule is I.NC(=NCC1(O)CCC1)N1CCN(c2nccs2)CC1. The highest BCUT2D eigenvalue weighted by Gasteiger charge is 2.34. The highest BCUT2D eigenvalue weighted by Crippen LogP contribution is 2.31. The number of guanidine groups is 1. The Hall–Kier alpha value is -0.610. The number of halogens is 1. The fourth-order valence-corrected chi connectivity index (χ4v) is 3.27. The maximum Gasteiger partial charge on any atom is 0.191 e. The molecule has 1 aromatic heterocycles. The average molecular weight is 423 g/mol. The van der Waals surface area contributed by atoms with Gasteiger partial charge in [-0.05, 0) is 19.3 Å². The van der Waals surface area contributed by atoms with Gasteiger partial charge in [0.05, 0.1) is 12.1 Å².